The number of carbonyl (C=O) groups excluding carboxylic acids is 1. The Morgan fingerprint density at radius 3 is 2.60 bits per heavy atom. The molecule has 5 heteroatoms. The quantitative estimate of drug-likeness (QED) is 0.616. The van der Waals surface area contributed by atoms with Crippen LogP contribution >= 0.6 is 12.2 Å². The van der Waals surface area contributed by atoms with Gasteiger partial charge in [-0.15, -0.1) is 0 Å². The van der Waals surface area contributed by atoms with E-state index < -0.39 is 0 Å². The van der Waals surface area contributed by atoms with Crippen LogP contribution < -0.4 is 10.6 Å². The standard InChI is InChI=1S/C10H10N2O2S/c13-7-3-1-6(2-4-7)8-5-9(14)12-10(15)11-8/h1-4,8,13H,5H2,(H2,11,12,14,15). The largest absolute Gasteiger partial charge is 0.508 e. The molecular formula is C10H10N2O2S. The Morgan fingerprint density at radius 1 is 1.33 bits per heavy atom. The third kappa shape index (κ3) is 2.24. The van der Waals surface area contributed by atoms with Crippen LogP contribution in [0, 0.1) is 0 Å². The van der Waals surface area contributed by atoms with E-state index in [1.54, 1.807) is 24.3 Å². The molecule has 0 aromatic heterocycles. The van der Waals surface area contributed by atoms with Gasteiger partial charge in [0.2, 0.25) is 5.91 Å². The van der Waals surface area contributed by atoms with E-state index in [0.717, 1.165) is 5.56 Å². The lowest BCUT2D eigenvalue weighted by Gasteiger charge is -2.25. The van der Waals surface area contributed by atoms with Crippen molar-refractivity contribution in [2.75, 3.05) is 0 Å². The zero-order valence-electron chi connectivity index (χ0n) is 7.86. The average Bonchev–Trinajstić information content (AvgIpc) is 2.17. The van der Waals surface area contributed by atoms with Crippen LogP contribution in [0.2, 0.25) is 0 Å². The molecule has 15 heavy (non-hydrogen) atoms. The van der Waals surface area contributed by atoms with Crippen molar-refractivity contribution in [2.45, 2.75) is 12.5 Å². The van der Waals surface area contributed by atoms with E-state index in [1.807, 2.05) is 0 Å². The summed E-state index contributed by atoms with van der Waals surface area (Å²) in [7, 11) is 0. The van der Waals surface area contributed by atoms with E-state index in [4.69, 9.17) is 17.3 Å². The van der Waals surface area contributed by atoms with Crippen molar-refractivity contribution in [3.05, 3.63) is 29.8 Å². The van der Waals surface area contributed by atoms with Crippen LogP contribution in [0.1, 0.15) is 18.0 Å². The normalized spacial score (nSPS) is 20.7. The van der Waals surface area contributed by atoms with Gasteiger partial charge >= 0.3 is 0 Å². The number of thiocarbonyl (C=S) groups is 1. The molecule has 1 amide bonds. The summed E-state index contributed by atoms with van der Waals surface area (Å²) in [6.45, 7) is 0. The Kier molecular flexibility index (Phi) is 2.55. The minimum Gasteiger partial charge on any atom is -0.508 e. The van der Waals surface area contributed by atoms with Gasteiger partial charge in [-0.05, 0) is 29.9 Å². The highest BCUT2D eigenvalue weighted by molar-refractivity contribution is 7.80. The van der Waals surface area contributed by atoms with Gasteiger partial charge in [0.05, 0.1) is 12.5 Å². The molecule has 78 valence electrons. The van der Waals surface area contributed by atoms with Crippen LogP contribution in [0.3, 0.4) is 0 Å². The topological polar surface area (TPSA) is 61.4 Å². The van der Waals surface area contributed by atoms with Gasteiger partial charge in [0, 0.05) is 0 Å². The molecule has 1 fully saturated rings. The Hall–Kier alpha value is -1.62. The summed E-state index contributed by atoms with van der Waals surface area (Å²) in [5.41, 5.74) is 0.935. The average molecular weight is 222 g/mol. The van der Waals surface area contributed by atoms with Crippen molar-refractivity contribution in [1.29, 1.82) is 0 Å². The van der Waals surface area contributed by atoms with Crippen LogP contribution in [0.5, 0.6) is 5.75 Å². The number of nitrogens with one attached hydrogen (secondary N) is 2. The second kappa shape index (κ2) is 3.86. The Balaban J connectivity index is 2.19. The summed E-state index contributed by atoms with van der Waals surface area (Å²) >= 11 is 4.89. The SMILES string of the molecule is O=C1CC(c2ccc(O)cc2)NC(=S)N1. The maximum atomic E-state index is 11.2. The summed E-state index contributed by atoms with van der Waals surface area (Å²) in [5.74, 6) is 0.124. The van der Waals surface area contributed by atoms with E-state index in [0.29, 0.717) is 11.5 Å². The van der Waals surface area contributed by atoms with Crippen molar-refractivity contribution in [2.24, 2.45) is 0 Å². The van der Waals surface area contributed by atoms with Crippen LogP contribution in [-0.2, 0) is 4.79 Å². The number of hydrogen-bond acceptors (Lipinski definition) is 3. The third-order valence-corrected chi connectivity index (χ3v) is 2.46. The predicted octanol–water partition coefficient (Wildman–Crippen LogP) is 0.828. The van der Waals surface area contributed by atoms with Crippen LogP contribution in [-0.4, -0.2) is 16.1 Å². The first-order valence-electron chi connectivity index (χ1n) is 4.54. The second-order valence-electron chi connectivity index (χ2n) is 3.37. The van der Waals surface area contributed by atoms with Crippen molar-refractivity contribution in [1.82, 2.24) is 10.6 Å². The van der Waals surface area contributed by atoms with Gasteiger partial charge in [0.15, 0.2) is 5.11 Å². The Morgan fingerprint density at radius 2 is 2.00 bits per heavy atom. The Bertz CT molecular complexity index is 386. The number of phenols is 1. The first-order chi connectivity index (χ1) is 7.15. The van der Waals surface area contributed by atoms with Crippen LogP contribution in [0.25, 0.3) is 0 Å². The van der Waals surface area contributed by atoms with Crippen molar-refractivity contribution < 1.29 is 9.90 Å². The minimum atomic E-state index is -0.105. The first-order valence-corrected chi connectivity index (χ1v) is 4.95. The predicted molar refractivity (Wildman–Crippen MR) is 59.3 cm³/mol. The highest BCUT2D eigenvalue weighted by atomic mass is 32.1. The van der Waals surface area contributed by atoms with Crippen LogP contribution in [0.4, 0.5) is 0 Å². The molecule has 2 rings (SSSR count). The molecular weight excluding hydrogens is 212 g/mol. The molecule has 0 aliphatic carbocycles. The summed E-state index contributed by atoms with van der Waals surface area (Å²) in [6, 6.07) is 6.62. The van der Waals surface area contributed by atoms with E-state index in [-0.39, 0.29) is 17.7 Å². The van der Waals surface area contributed by atoms with Crippen molar-refractivity contribution in [3.63, 3.8) is 0 Å². The van der Waals surface area contributed by atoms with E-state index in [1.165, 1.54) is 0 Å². The molecule has 1 aliphatic rings. The molecule has 1 atom stereocenters. The molecule has 0 saturated carbocycles. The second-order valence-corrected chi connectivity index (χ2v) is 3.78. The zero-order chi connectivity index (χ0) is 10.8. The zero-order valence-corrected chi connectivity index (χ0v) is 8.67. The molecule has 4 nitrogen and oxygen atoms in total. The molecule has 0 radical (unpaired) electrons. The lowest BCUT2D eigenvalue weighted by atomic mass is 10.0. The van der Waals surface area contributed by atoms with Crippen molar-refractivity contribution >= 4 is 23.2 Å². The molecule has 1 aromatic carbocycles. The molecule has 1 unspecified atom stereocenters. The van der Waals surface area contributed by atoms with E-state index in [2.05, 4.69) is 10.6 Å². The molecule has 1 heterocycles. The van der Waals surface area contributed by atoms with Gasteiger partial charge in [-0.2, -0.15) is 0 Å². The monoisotopic (exact) mass is 222 g/mol. The van der Waals surface area contributed by atoms with Gasteiger partial charge in [-0.1, -0.05) is 12.1 Å². The lowest BCUT2D eigenvalue weighted by molar-refractivity contribution is -0.120. The number of carbonyl (C=O) groups is 1. The van der Waals surface area contributed by atoms with E-state index >= 15 is 0 Å². The highest BCUT2D eigenvalue weighted by Crippen LogP contribution is 2.21. The summed E-state index contributed by atoms with van der Waals surface area (Å²) in [6.07, 6.45) is 0.352. The minimum absolute atomic E-state index is 0.0863. The van der Waals surface area contributed by atoms with Gasteiger partial charge < -0.3 is 15.7 Å². The van der Waals surface area contributed by atoms with Crippen molar-refractivity contribution in [3.8, 4) is 5.75 Å². The summed E-state index contributed by atoms with van der Waals surface area (Å²) in [4.78, 5) is 11.2. The fourth-order valence-corrected chi connectivity index (χ4v) is 1.77. The van der Waals surface area contributed by atoms with Gasteiger partial charge in [0.25, 0.3) is 0 Å². The molecule has 1 aromatic rings. The number of amides is 1. The van der Waals surface area contributed by atoms with Crippen LogP contribution in [0.15, 0.2) is 24.3 Å². The number of aromatic hydroxyl groups is 1. The fraction of sp³-hybridized carbons (Fsp3) is 0.200. The van der Waals surface area contributed by atoms with Gasteiger partial charge in [0.1, 0.15) is 5.75 Å². The third-order valence-electron chi connectivity index (χ3n) is 2.24. The number of rotatable bonds is 1. The molecule has 1 saturated heterocycles. The molecule has 0 spiro atoms. The fourth-order valence-electron chi connectivity index (χ4n) is 1.52. The molecule has 1 aliphatic heterocycles. The number of hydrogen-bond donors (Lipinski definition) is 3. The molecule has 0 bridgehead atoms. The maximum absolute atomic E-state index is 11.2. The van der Waals surface area contributed by atoms with Gasteiger partial charge in [-0.3, -0.25) is 4.79 Å². The smallest absolute Gasteiger partial charge is 0.228 e. The Labute approximate surface area is 92.3 Å². The first kappa shape index (κ1) is 9.92. The summed E-state index contributed by atoms with van der Waals surface area (Å²) < 4.78 is 0. The highest BCUT2D eigenvalue weighted by Gasteiger charge is 2.22. The maximum Gasteiger partial charge on any atom is 0.228 e. The number of phenolic OH excluding ortho intramolecular Hbond substituents is 1. The molecule has 3 N–H and O–H groups in total. The van der Waals surface area contributed by atoms with Gasteiger partial charge in [-0.25, -0.2) is 0 Å². The number of benzene rings is 1. The van der Waals surface area contributed by atoms with E-state index in [9.17, 15) is 4.79 Å². The lowest BCUT2D eigenvalue weighted by Crippen LogP contribution is -2.47. The summed E-state index contributed by atoms with van der Waals surface area (Å²) in [5, 5.41) is 15.0.